The van der Waals surface area contributed by atoms with Crippen molar-refractivity contribution >= 4 is 14.1 Å². The second-order valence-corrected chi connectivity index (χ2v) is 14.0. The van der Waals surface area contributed by atoms with E-state index in [1.54, 1.807) is 0 Å². The van der Waals surface area contributed by atoms with Gasteiger partial charge in [-0.15, -0.1) is 0 Å². The lowest BCUT2D eigenvalue weighted by molar-refractivity contribution is -0.124. The topological polar surface area (TPSA) is 38.8 Å². The molecule has 5 heteroatoms. The molecule has 1 aromatic carbocycles. The smallest absolute Gasteiger partial charge is 0.192 e. The minimum atomic E-state index is -1.89. The Balaban J connectivity index is 1.76. The molecule has 0 N–H and O–H groups in total. The average molecular weight is 376 g/mol. The third-order valence-electron chi connectivity index (χ3n) is 6.28. The van der Waals surface area contributed by atoms with Crippen molar-refractivity contribution in [2.45, 2.75) is 76.6 Å². The Labute approximate surface area is 159 Å². The van der Waals surface area contributed by atoms with Gasteiger partial charge in [0, 0.05) is 32.0 Å². The zero-order chi connectivity index (χ0) is 18.9. The van der Waals surface area contributed by atoms with E-state index in [2.05, 4.69) is 50.9 Å². The quantitative estimate of drug-likeness (QED) is 0.729. The van der Waals surface area contributed by atoms with Gasteiger partial charge in [0.2, 0.25) is 0 Å². The number of hydrogen-bond donors (Lipinski definition) is 0. The van der Waals surface area contributed by atoms with Crippen molar-refractivity contribution in [3.63, 3.8) is 0 Å². The Morgan fingerprint density at radius 3 is 2.54 bits per heavy atom. The van der Waals surface area contributed by atoms with Gasteiger partial charge >= 0.3 is 0 Å². The van der Waals surface area contributed by atoms with E-state index >= 15 is 0 Å². The van der Waals surface area contributed by atoms with Crippen LogP contribution >= 0.6 is 0 Å². The monoisotopic (exact) mass is 375 g/mol. The zero-order valence-corrected chi connectivity index (χ0v) is 17.8. The summed E-state index contributed by atoms with van der Waals surface area (Å²) < 4.78 is 13.1. The molecule has 2 saturated heterocycles. The van der Waals surface area contributed by atoms with Crippen LogP contribution in [0.15, 0.2) is 30.3 Å². The highest BCUT2D eigenvalue weighted by molar-refractivity contribution is 6.74. The summed E-state index contributed by atoms with van der Waals surface area (Å²) in [6.45, 7) is 13.7. The minimum absolute atomic E-state index is 0.0337. The molecule has 3 atom stereocenters. The van der Waals surface area contributed by atoms with E-state index in [1.807, 2.05) is 18.2 Å². The van der Waals surface area contributed by atoms with E-state index in [-0.39, 0.29) is 23.3 Å². The van der Waals surface area contributed by atoms with Crippen molar-refractivity contribution < 1.29 is 14.0 Å². The van der Waals surface area contributed by atoms with E-state index < -0.39 is 8.32 Å². The molecule has 2 heterocycles. The third-order valence-corrected chi connectivity index (χ3v) is 10.8. The number of carbonyl (C=O) groups excluding carboxylic acids is 1. The van der Waals surface area contributed by atoms with Gasteiger partial charge in [0.25, 0.3) is 0 Å². The van der Waals surface area contributed by atoms with Crippen LogP contribution in [-0.4, -0.2) is 50.3 Å². The number of benzene rings is 1. The Morgan fingerprint density at radius 2 is 1.88 bits per heavy atom. The van der Waals surface area contributed by atoms with Crippen LogP contribution in [0, 0.1) is 0 Å². The van der Waals surface area contributed by atoms with E-state index in [9.17, 15) is 4.79 Å². The Hall–Kier alpha value is -1.01. The molecule has 0 spiro atoms. The molecule has 26 heavy (non-hydrogen) atoms. The minimum Gasteiger partial charge on any atom is -0.410 e. The van der Waals surface area contributed by atoms with Gasteiger partial charge in [-0.2, -0.15) is 0 Å². The lowest BCUT2D eigenvalue weighted by Crippen LogP contribution is -2.48. The fourth-order valence-corrected chi connectivity index (χ4v) is 5.00. The maximum absolute atomic E-state index is 12.1. The molecule has 0 bridgehead atoms. The number of rotatable bonds is 5. The van der Waals surface area contributed by atoms with E-state index in [0.717, 1.165) is 13.1 Å². The van der Waals surface area contributed by atoms with Gasteiger partial charge in [-0.25, -0.2) is 0 Å². The van der Waals surface area contributed by atoms with Crippen LogP contribution in [0.25, 0.3) is 0 Å². The molecule has 0 radical (unpaired) electrons. The number of fused-ring (bicyclic) bond motifs is 1. The zero-order valence-electron chi connectivity index (χ0n) is 16.8. The Morgan fingerprint density at radius 1 is 1.19 bits per heavy atom. The molecule has 2 aliphatic heterocycles. The van der Waals surface area contributed by atoms with Gasteiger partial charge in [-0.3, -0.25) is 9.69 Å². The second kappa shape index (κ2) is 7.54. The van der Waals surface area contributed by atoms with Gasteiger partial charge < -0.3 is 9.16 Å². The SMILES string of the molecule is CC(C)(C)[Si](C)(C)O[C@@H]1CN2CCC(=O)C[C@H]2[C@@H]1OCc1ccccc1. The fraction of sp³-hybridized carbons (Fsp3) is 0.667. The molecule has 0 aromatic heterocycles. The predicted octanol–water partition coefficient (Wildman–Crippen LogP) is 4.01. The van der Waals surface area contributed by atoms with Gasteiger partial charge in [0.1, 0.15) is 5.78 Å². The van der Waals surface area contributed by atoms with Crippen molar-refractivity contribution in [1.82, 2.24) is 4.90 Å². The van der Waals surface area contributed by atoms with Gasteiger partial charge in [-0.05, 0) is 23.7 Å². The summed E-state index contributed by atoms with van der Waals surface area (Å²) in [5, 5.41) is 0.163. The lowest BCUT2D eigenvalue weighted by Gasteiger charge is -2.39. The van der Waals surface area contributed by atoms with Crippen LogP contribution in [0.5, 0.6) is 0 Å². The van der Waals surface area contributed by atoms with Gasteiger partial charge in [-0.1, -0.05) is 51.1 Å². The first kappa shape index (κ1) is 19.7. The summed E-state index contributed by atoms with van der Waals surface area (Å²) in [7, 11) is -1.89. The van der Waals surface area contributed by atoms with Crippen molar-refractivity contribution in [2.24, 2.45) is 0 Å². The first-order chi connectivity index (χ1) is 12.2. The lowest BCUT2D eigenvalue weighted by atomic mass is 9.99. The van der Waals surface area contributed by atoms with Crippen molar-refractivity contribution in [1.29, 1.82) is 0 Å². The molecule has 0 unspecified atom stereocenters. The molecule has 0 amide bonds. The molecule has 1 aromatic rings. The van der Waals surface area contributed by atoms with Crippen molar-refractivity contribution in [3.8, 4) is 0 Å². The van der Waals surface area contributed by atoms with Crippen molar-refractivity contribution in [2.75, 3.05) is 13.1 Å². The number of Topliss-reactive ketones (excluding diaryl/α,β-unsaturated/α-hetero) is 1. The summed E-state index contributed by atoms with van der Waals surface area (Å²) >= 11 is 0. The summed E-state index contributed by atoms with van der Waals surface area (Å²) in [6.07, 6.45) is 1.27. The van der Waals surface area contributed by atoms with E-state index in [4.69, 9.17) is 9.16 Å². The third kappa shape index (κ3) is 4.27. The average Bonchev–Trinajstić information content (AvgIpc) is 2.88. The van der Waals surface area contributed by atoms with E-state index in [1.165, 1.54) is 5.56 Å². The van der Waals surface area contributed by atoms with E-state index in [0.29, 0.717) is 25.2 Å². The van der Waals surface area contributed by atoms with Crippen molar-refractivity contribution in [3.05, 3.63) is 35.9 Å². The molecule has 0 saturated carbocycles. The molecule has 144 valence electrons. The molecule has 0 aliphatic carbocycles. The molecule has 2 fully saturated rings. The van der Waals surface area contributed by atoms with Crippen LogP contribution < -0.4 is 0 Å². The number of ketones is 1. The first-order valence-electron chi connectivity index (χ1n) is 9.76. The predicted molar refractivity (Wildman–Crippen MR) is 107 cm³/mol. The van der Waals surface area contributed by atoms with Crippen LogP contribution in [0.3, 0.4) is 0 Å². The summed E-state index contributed by atoms with van der Waals surface area (Å²) in [6, 6.07) is 10.4. The summed E-state index contributed by atoms with van der Waals surface area (Å²) in [4.78, 5) is 14.5. The standard InChI is InChI=1S/C21H33NO3Si/c1-21(2,3)26(4,5)25-19-14-22-12-11-17(23)13-18(22)20(19)24-15-16-9-7-6-8-10-16/h6-10,18-20H,11-15H2,1-5H3/t18-,19+,20-/m0/s1. The molecular weight excluding hydrogens is 342 g/mol. The highest BCUT2D eigenvalue weighted by Gasteiger charge is 2.49. The van der Waals surface area contributed by atoms with Crippen LogP contribution in [0.1, 0.15) is 39.2 Å². The summed E-state index contributed by atoms with van der Waals surface area (Å²) in [5.41, 5.74) is 1.17. The largest absolute Gasteiger partial charge is 0.410 e. The molecular formula is C21H33NO3Si. The normalized spacial score (nSPS) is 27.6. The first-order valence-corrected chi connectivity index (χ1v) is 12.7. The highest BCUT2D eigenvalue weighted by atomic mass is 28.4. The number of carbonyl (C=O) groups is 1. The molecule has 3 rings (SSSR count). The Kier molecular flexibility index (Phi) is 5.73. The fourth-order valence-electron chi connectivity index (χ4n) is 3.68. The van der Waals surface area contributed by atoms with Gasteiger partial charge in [0.15, 0.2) is 8.32 Å². The highest BCUT2D eigenvalue weighted by Crippen LogP contribution is 2.40. The maximum Gasteiger partial charge on any atom is 0.192 e. The Bertz CT molecular complexity index is 626. The second-order valence-electron chi connectivity index (χ2n) is 9.23. The van der Waals surface area contributed by atoms with Crippen LogP contribution in [0.4, 0.5) is 0 Å². The number of nitrogens with zero attached hydrogens (tertiary/aromatic N) is 1. The number of hydrogen-bond acceptors (Lipinski definition) is 4. The number of ether oxygens (including phenoxy) is 1. The summed E-state index contributed by atoms with van der Waals surface area (Å²) in [5.74, 6) is 0.354. The van der Waals surface area contributed by atoms with Crippen LogP contribution in [-0.2, 0) is 20.6 Å². The molecule has 2 aliphatic rings. The number of piperidine rings is 1. The molecule has 4 nitrogen and oxygen atoms in total. The van der Waals surface area contributed by atoms with Crippen LogP contribution in [0.2, 0.25) is 18.1 Å². The maximum atomic E-state index is 12.1. The van der Waals surface area contributed by atoms with Gasteiger partial charge in [0.05, 0.1) is 18.8 Å².